The van der Waals surface area contributed by atoms with Crippen molar-refractivity contribution in [1.29, 1.82) is 0 Å². The molecular formula is C16H14N6O4. The van der Waals surface area contributed by atoms with Gasteiger partial charge in [0.2, 0.25) is 11.9 Å². The van der Waals surface area contributed by atoms with Crippen molar-refractivity contribution >= 4 is 28.9 Å². The number of fused-ring (bicyclic) bond motifs is 1. The van der Waals surface area contributed by atoms with E-state index in [1.54, 1.807) is 0 Å². The first-order valence-electron chi connectivity index (χ1n) is 7.81. The Bertz CT molecular complexity index is 1160. The third-order valence-electron chi connectivity index (χ3n) is 4.17. The molecule has 26 heavy (non-hydrogen) atoms. The fourth-order valence-electron chi connectivity index (χ4n) is 2.91. The number of aromatic amines is 1. The molecular weight excluding hydrogens is 340 g/mol. The largest absolute Gasteiger partial charge is 0.329 e. The van der Waals surface area contributed by atoms with Gasteiger partial charge in [0, 0.05) is 7.05 Å². The van der Waals surface area contributed by atoms with E-state index in [1.165, 1.54) is 16.2 Å². The molecule has 2 aromatic heterocycles. The zero-order valence-electron chi connectivity index (χ0n) is 13.7. The average Bonchev–Trinajstić information content (AvgIpc) is 3.14. The predicted molar refractivity (Wildman–Crippen MR) is 91.4 cm³/mol. The summed E-state index contributed by atoms with van der Waals surface area (Å²) in [6.07, 6.45) is -0.302. The zero-order chi connectivity index (χ0) is 18.4. The van der Waals surface area contributed by atoms with Gasteiger partial charge in [-0.05, 0) is 5.56 Å². The van der Waals surface area contributed by atoms with Gasteiger partial charge < -0.3 is 0 Å². The highest BCUT2D eigenvalue weighted by Gasteiger charge is 2.33. The highest BCUT2D eigenvalue weighted by Crippen LogP contribution is 2.22. The van der Waals surface area contributed by atoms with Crippen LogP contribution in [0.1, 0.15) is 12.0 Å². The van der Waals surface area contributed by atoms with Crippen LogP contribution >= 0.6 is 0 Å². The molecule has 0 bridgehead atoms. The molecule has 0 radical (unpaired) electrons. The minimum absolute atomic E-state index is 0.0754. The van der Waals surface area contributed by atoms with Crippen molar-refractivity contribution in [1.82, 2.24) is 24.5 Å². The number of nitrogens with one attached hydrogen (secondary N) is 2. The predicted octanol–water partition coefficient (Wildman–Crippen LogP) is -0.760. The Kier molecular flexibility index (Phi) is 3.46. The van der Waals surface area contributed by atoms with Crippen LogP contribution in [0.4, 0.5) is 5.95 Å². The standard InChI is InChI=1S/C16H14N6O4/c1-20-13-12(14(25)18-16(20)26)21(8-9-5-3-2-4-6-9)15(17-13)22-11(24)7-10(23)19-22/h2-6H,7-8H2,1H3,(H,19,23)(H,18,25,26). The van der Waals surface area contributed by atoms with Crippen LogP contribution in [-0.4, -0.2) is 30.9 Å². The van der Waals surface area contributed by atoms with Crippen LogP contribution < -0.4 is 21.7 Å². The van der Waals surface area contributed by atoms with Gasteiger partial charge in [0.05, 0.1) is 6.54 Å². The van der Waals surface area contributed by atoms with E-state index >= 15 is 0 Å². The first-order valence-corrected chi connectivity index (χ1v) is 7.81. The molecule has 2 N–H and O–H groups in total. The number of carbonyl (C=O) groups excluding carboxylic acids is 2. The number of rotatable bonds is 3. The van der Waals surface area contributed by atoms with E-state index in [2.05, 4.69) is 15.4 Å². The van der Waals surface area contributed by atoms with E-state index in [4.69, 9.17) is 0 Å². The van der Waals surface area contributed by atoms with Crippen LogP contribution in [0.3, 0.4) is 0 Å². The fraction of sp³-hybridized carbons (Fsp3) is 0.188. The third kappa shape index (κ3) is 2.39. The molecule has 4 rings (SSSR count). The molecule has 3 aromatic rings. The first kappa shape index (κ1) is 15.8. The Morgan fingerprint density at radius 1 is 1.12 bits per heavy atom. The van der Waals surface area contributed by atoms with Gasteiger partial charge in [0.25, 0.3) is 11.5 Å². The van der Waals surface area contributed by atoms with Crippen molar-refractivity contribution < 1.29 is 9.59 Å². The van der Waals surface area contributed by atoms with E-state index < -0.39 is 23.1 Å². The maximum atomic E-state index is 12.4. The summed E-state index contributed by atoms with van der Waals surface area (Å²) in [5.74, 6) is -0.872. The van der Waals surface area contributed by atoms with Crippen LogP contribution in [-0.2, 0) is 23.2 Å². The van der Waals surface area contributed by atoms with Gasteiger partial charge in [0.15, 0.2) is 11.2 Å². The van der Waals surface area contributed by atoms with Gasteiger partial charge in [-0.2, -0.15) is 9.99 Å². The van der Waals surface area contributed by atoms with Gasteiger partial charge >= 0.3 is 5.69 Å². The van der Waals surface area contributed by atoms with E-state index in [1.807, 2.05) is 30.3 Å². The number of aromatic nitrogens is 4. The monoisotopic (exact) mass is 354 g/mol. The topological polar surface area (TPSA) is 122 Å². The second kappa shape index (κ2) is 5.69. The average molecular weight is 354 g/mol. The number of nitrogens with zero attached hydrogens (tertiary/aromatic N) is 4. The summed E-state index contributed by atoms with van der Waals surface area (Å²) >= 11 is 0. The lowest BCUT2D eigenvalue weighted by Crippen LogP contribution is -2.38. The van der Waals surface area contributed by atoms with Crippen LogP contribution in [0.5, 0.6) is 0 Å². The summed E-state index contributed by atoms with van der Waals surface area (Å²) in [5.41, 5.74) is 2.31. The van der Waals surface area contributed by atoms with Crippen molar-refractivity contribution in [3.63, 3.8) is 0 Å². The summed E-state index contributed by atoms with van der Waals surface area (Å²) in [6.45, 7) is 0.230. The summed E-state index contributed by atoms with van der Waals surface area (Å²) in [5, 5.41) is 1.01. The van der Waals surface area contributed by atoms with Crippen LogP contribution in [0.15, 0.2) is 39.9 Å². The van der Waals surface area contributed by atoms with Crippen LogP contribution in [0, 0.1) is 0 Å². The highest BCUT2D eigenvalue weighted by atomic mass is 16.2. The number of anilines is 1. The summed E-state index contributed by atoms with van der Waals surface area (Å²) < 4.78 is 2.69. The second-order valence-electron chi connectivity index (χ2n) is 5.91. The van der Waals surface area contributed by atoms with Crippen molar-refractivity contribution in [3.05, 3.63) is 56.7 Å². The van der Waals surface area contributed by atoms with Crippen molar-refractivity contribution in [2.75, 3.05) is 5.01 Å². The summed E-state index contributed by atoms with van der Waals surface area (Å²) in [4.78, 5) is 54.5. The molecule has 10 heteroatoms. The molecule has 0 atom stereocenters. The number of hydrogen-bond acceptors (Lipinski definition) is 5. The maximum absolute atomic E-state index is 12.4. The van der Waals surface area contributed by atoms with Crippen LogP contribution in [0.25, 0.3) is 11.2 Å². The lowest BCUT2D eigenvalue weighted by molar-refractivity contribution is -0.122. The molecule has 1 saturated heterocycles. The van der Waals surface area contributed by atoms with E-state index in [0.717, 1.165) is 10.6 Å². The van der Waals surface area contributed by atoms with Gasteiger partial charge in [-0.3, -0.25) is 33.9 Å². The summed E-state index contributed by atoms with van der Waals surface area (Å²) in [6, 6.07) is 9.26. The van der Waals surface area contributed by atoms with Gasteiger partial charge in [-0.15, -0.1) is 0 Å². The number of carbonyl (C=O) groups is 2. The molecule has 1 aliphatic rings. The van der Waals surface area contributed by atoms with Crippen LogP contribution in [0.2, 0.25) is 0 Å². The Morgan fingerprint density at radius 3 is 2.50 bits per heavy atom. The number of hydrazine groups is 1. The molecule has 10 nitrogen and oxygen atoms in total. The molecule has 3 heterocycles. The minimum atomic E-state index is -0.616. The number of benzene rings is 1. The van der Waals surface area contributed by atoms with Crippen molar-refractivity contribution in [2.24, 2.45) is 7.05 Å². The van der Waals surface area contributed by atoms with E-state index in [0.29, 0.717) is 0 Å². The van der Waals surface area contributed by atoms with E-state index in [-0.39, 0.29) is 30.1 Å². The summed E-state index contributed by atoms with van der Waals surface area (Å²) in [7, 11) is 1.47. The SMILES string of the molecule is Cn1c(=O)[nH]c(=O)c2c1nc(N1NC(=O)CC1=O)n2Cc1ccccc1. The number of amides is 2. The number of imidazole rings is 1. The second-order valence-corrected chi connectivity index (χ2v) is 5.91. The van der Waals surface area contributed by atoms with Gasteiger partial charge in [-0.25, -0.2) is 4.79 Å². The lowest BCUT2D eigenvalue weighted by Gasteiger charge is -2.16. The van der Waals surface area contributed by atoms with Crippen molar-refractivity contribution in [3.8, 4) is 0 Å². The Balaban J connectivity index is 1.99. The molecule has 1 aliphatic heterocycles. The Hall–Kier alpha value is -3.69. The van der Waals surface area contributed by atoms with Gasteiger partial charge in [-0.1, -0.05) is 30.3 Å². The number of hydrogen-bond donors (Lipinski definition) is 2. The zero-order valence-corrected chi connectivity index (χ0v) is 13.7. The number of H-pyrrole nitrogens is 1. The molecule has 0 unspecified atom stereocenters. The molecule has 0 spiro atoms. The Labute approximate surface area is 145 Å². The smallest absolute Gasteiger partial charge is 0.298 e. The first-order chi connectivity index (χ1) is 12.5. The lowest BCUT2D eigenvalue weighted by atomic mass is 10.2. The molecule has 1 fully saturated rings. The van der Waals surface area contributed by atoms with E-state index in [9.17, 15) is 19.2 Å². The molecule has 0 saturated carbocycles. The molecule has 0 aliphatic carbocycles. The molecule has 2 amide bonds. The normalized spacial score (nSPS) is 14.3. The Morgan fingerprint density at radius 2 is 1.85 bits per heavy atom. The quantitative estimate of drug-likeness (QED) is 0.599. The highest BCUT2D eigenvalue weighted by molar-refractivity contribution is 6.11. The van der Waals surface area contributed by atoms with Crippen molar-refractivity contribution in [2.45, 2.75) is 13.0 Å². The number of aryl methyl sites for hydroxylation is 1. The molecule has 1 aromatic carbocycles. The fourth-order valence-corrected chi connectivity index (χ4v) is 2.91. The molecule has 132 valence electrons. The van der Waals surface area contributed by atoms with Gasteiger partial charge in [0.1, 0.15) is 6.42 Å². The minimum Gasteiger partial charge on any atom is -0.298 e. The maximum Gasteiger partial charge on any atom is 0.329 e. The third-order valence-corrected chi connectivity index (χ3v) is 4.17.